The van der Waals surface area contributed by atoms with E-state index in [2.05, 4.69) is 26.1 Å². The summed E-state index contributed by atoms with van der Waals surface area (Å²) >= 11 is 0. The highest BCUT2D eigenvalue weighted by atomic mass is 32.2. The van der Waals surface area contributed by atoms with E-state index in [1.807, 2.05) is 33.8 Å². The molecule has 0 radical (unpaired) electrons. The number of hydrogen-bond acceptors (Lipinski definition) is 3. The van der Waals surface area contributed by atoms with Gasteiger partial charge in [0, 0.05) is 5.54 Å². The third kappa shape index (κ3) is 7.46. The van der Waals surface area contributed by atoms with E-state index in [0.717, 1.165) is 28.1 Å². The monoisotopic (exact) mass is 368 g/mol. The van der Waals surface area contributed by atoms with E-state index in [9.17, 15) is 13.2 Å². The minimum Gasteiger partial charge on any atom is -0.350 e. The van der Waals surface area contributed by atoms with Crippen LogP contribution in [0.25, 0.3) is 0 Å². The van der Waals surface area contributed by atoms with Crippen LogP contribution in [0.3, 0.4) is 0 Å². The van der Waals surface area contributed by atoms with E-state index in [-0.39, 0.29) is 17.9 Å². The number of benzene rings is 1. The van der Waals surface area contributed by atoms with Crippen molar-refractivity contribution in [3.8, 4) is 0 Å². The van der Waals surface area contributed by atoms with Crippen LogP contribution in [-0.4, -0.2) is 32.7 Å². The average Bonchev–Trinajstić information content (AvgIpc) is 2.29. The van der Waals surface area contributed by atoms with Crippen LogP contribution in [-0.2, 0) is 14.8 Å². The zero-order valence-corrected chi connectivity index (χ0v) is 17.5. The molecule has 0 saturated carbocycles. The Morgan fingerprint density at radius 2 is 1.52 bits per heavy atom. The van der Waals surface area contributed by atoms with Crippen LogP contribution in [0.4, 0.5) is 5.69 Å². The number of amides is 1. The van der Waals surface area contributed by atoms with E-state index in [4.69, 9.17) is 0 Å². The van der Waals surface area contributed by atoms with E-state index < -0.39 is 15.6 Å². The van der Waals surface area contributed by atoms with Crippen LogP contribution in [0.1, 0.15) is 52.2 Å². The minimum absolute atomic E-state index is 0.0565. The Hall–Kier alpha value is -1.56. The highest BCUT2D eigenvalue weighted by Crippen LogP contribution is 2.27. The molecular weight excluding hydrogens is 336 g/mol. The number of nitrogens with zero attached hydrogens (tertiary/aromatic N) is 1. The number of hydrogen-bond donors (Lipinski definition) is 1. The fourth-order valence-corrected chi connectivity index (χ4v) is 4.25. The van der Waals surface area contributed by atoms with Gasteiger partial charge in [-0.1, -0.05) is 26.8 Å². The quantitative estimate of drug-likeness (QED) is 0.837. The van der Waals surface area contributed by atoms with Crippen molar-refractivity contribution in [3.63, 3.8) is 0 Å². The van der Waals surface area contributed by atoms with Crippen LogP contribution in [0, 0.1) is 19.3 Å². The first kappa shape index (κ1) is 21.5. The molecular formula is C19H32N2O3S. The molecule has 0 aliphatic heterocycles. The van der Waals surface area contributed by atoms with Gasteiger partial charge in [0.25, 0.3) is 0 Å². The minimum atomic E-state index is -3.56. The first-order chi connectivity index (χ1) is 11.1. The molecule has 0 aromatic heterocycles. The van der Waals surface area contributed by atoms with Crippen molar-refractivity contribution in [3.05, 3.63) is 29.3 Å². The molecule has 142 valence electrons. The molecule has 1 amide bonds. The lowest BCUT2D eigenvalue weighted by molar-refractivity contribution is -0.121. The summed E-state index contributed by atoms with van der Waals surface area (Å²) < 4.78 is 25.6. The summed E-state index contributed by atoms with van der Waals surface area (Å²) in [5, 5.41) is 2.97. The number of nitrogens with one attached hydrogen (secondary N) is 1. The molecule has 6 heteroatoms. The summed E-state index contributed by atoms with van der Waals surface area (Å²) in [5.74, 6) is -0.307. The average molecular weight is 369 g/mol. The molecule has 0 aliphatic carbocycles. The van der Waals surface area contributed by atoms with Crippen molar-refractivity contribution in [2.75, 3.05) is 17.1 Å². The van der Waals surface area contributed by atoms with Crippen molar-refractivity contribution >= 4 is 21.6 Å². The lowest BCUT2D eigenvalue weighted by atomic mass is 9.82. The predicted octanol–water partition coefficient (Wildman–Crippen LogP) is 3.40. The summed E-state index contributed by atoms with van der Waals surface area (Å²) in [6.45, 7) is 13.8. The number of carbonyl (C=O) groups excluding carboxylic acids is 1. The Bertz CT molecular complexity index is 711. The zero-order valence-electron chi connectivity index (χ0n) is 16.7. The summed E-state index contributed by atoms with van der Waals surface area (Å²) in [6.07, 6.45) is 1.91. The molecule has 1 N–H and O–H groups in total. The molecule has 0 atom stereocenters. The first-order valence-electron chi connectivity index (χ1n) is 8.46. The number of anilines is 1. The molecule has 0 bridgehead atoms. The van der Waals surface area contributed by atoms with Gasteiger partial charge in [0.2, 0.25) is 15.9 Å². The number of carbonyl (C=O) groups is 1. The third-order valence-corrected chi connectivity index (χ3v) is 4.77. The molecule has 0 unspecified atom stereocenters. The Balaban J connectivity index is 3.02. The van der Waals surface area contributed by atoms with Crippen molar-refractivity contribution < 1.29 is 13.2 Å². The van der Waals surface area contributed by atoms with E-state index >= 15 is 0 Å². The summed E-state index contributed by atoms with van der Waals surface area (Å²) in [4.78, 5) is 12.5. The molecule has 0 spiro atoms. The maximum absolute atomic E-state index is 12.5. The van der Waals surface area contributed by atoms with Gasteiger partial charge in [0.05, 0.1) is 11.9 Å². The van der Waals surface area contributed by atoms with Gasteiger partial charge in [0.1, 0.15) is 6.54 Å². The summed E-state index contributed by atoms with van der Waals surface area (Å²) in [5.41, 5.74) is 2.07. The second-order valence-electron chi connectivity index (χ2n) is 8.79. The van der Waals surface area contributed by atoms with Crippen molar-refractivity contribution in [1.82, 2.24) is 5.32 Å². The van der Waals surface area contributed by atoms with Gasteiger partial charge in [0.15, 0.2) is 0 Å². The highest BCUT2D eigenvalue weighted by Gasteiger charge is 2.29. The van der Waals surface area contributed by atoms with Gasteiger partial charge in [-0.2, -0.15) is 0 Å². The molecule has 0 saturated heterocycles. The Kier molecular flexibility index (Phi) is 6.32. The fraction of sp³-hybridized carbons (Fsp3) is 0.632. The van der Waals surface area contributed by atoms with Crippen LogP contribution in [0.5, 0.6) is 0 Å². The zero-order chi connectivity index (χ0) is 19.6. The maximum Gasteiger partial charge on any atom is 0.241 e. The maximum atomic E-state index is 12.5. The molecule has 0 heterocycles. The lowest BCUT2D eigenvalue weighted by Gasteiger charge is -2.34. The van der Waals surface area contributed by atoms with Gasteiger partial charge in [-0.05, 0) is 62.8 Å². The van der Waals surface area contributed by atoms with Gasteiger partial charge < -0.3 is 5.32 Å². The van der Waals surface area contributed by atoms with E-state index in [1.54, 1.807) is 12.1 Å². The van der Waals surface area contributed by atoms with E-state index in [1.165, 1.54) is 0 Å². The molecule has 1 aromatic rings. The molecule has 1 aromatic carbocycles. The van der Waals surface area contributed by atoms with Crippen LogP contribution < -0.4 is 9.62 Å². The SMILES string of the molecule is Cc1cc(C)cc(N(CC(=O)NC(C)(C)CC(C)(C)C)S(C)(=O)=O)c1. The predicted molar refractivity (Wildman–Crippen MR) is 104 cm³/mol. The van der Waals surface area contributed by atoms with Crippen molar-refractivity contribution in [2.24, 2.45) is 5.41 Å². The normalized spacial score (nSPS) is 12.8. The van der Waals surface area contributed by atoms with Gasteiger partial charge in [-0.3, -0.25) is 9.10 Å². The second-order valence-corrected chi connectivity index (χ2v) is 10.7. The summed E-state index contributed by atoms with van der Waals surface area (Å²) in [6, 6.07) is 5.53. The van der Waals surface area contributed by atoms with Crippen molar-refractivity contribution in [2.45, 2.75) is 60.4 Å². The second kappa shape index (κ2) is 7.36. The van der Waals surface area contributed by atoms with Crippen LogP contribution >= 0.6 is 0 Å². The summed E-state index contributed by atoms with van der Waals surface area (Å²) in [7, 11) is -3.56. The molecule has 1 rings (SSSR count). The van der Waals surface area contributed by atoms with Crippen LogP contribution in [0.2, 0.25) is 0 Å². The highest BCUT2D eigenvalue weighted by molar-refractivity contribution is 7.92. The largest absolute Gasteiger partial charge is 0.350 e. The first-order valence-corrected chi connectivity index (χ1v) is 10.3. The number of sulfonamides is 1. The van der Waals surface area contributed by atoms with E-state index in [0.29, 0.717) is 5.69 Å². The molecule has 0 fully saturated rings. The lowest BCUT2D eigenvalue weighted by Crippen LogP contribution is -2.50. The van der Waals surface area contributed by atoms with Gasteiger partial charge >= 0.3 is 0 Å². The van der Waals surface area contributed by atoms with Gasteiger partial charge in [-0.15, -0.1) is 0 Å². The standard InChI is InChI=1S/C19H32N2O3S/c1-14-9-15(2)11-16(10-14)21(25(8,23)24)12-17(22)20-19(6,7)13-18(3,4)5/h9-11H,12-13H2,1-8H3,(H,20,22). The molecule has 0 aliphatic rings. The Morgan fingerprint density at radius 3 is 1.92 bits per heavy atom. The van der Waals surface area contributed by atoms with Crippen molar-refractivity contribution in [1.29, 1.82) is 0 Å². The topological polar surface area (TPSA) is 66.5 Å². The Labute approximate surface area is 152 Å². The van der Waals surface area contributed by atoms with Gasteiger partial charge in [-0.25, -0.2) is 8.42 Å². The molecule has 25 heavy (non-hydrogen) atoms. The third-order valence-electron chi connectivity index (χ3n) is 3.63. The number of aryl methyl sites for hydroxylation is 2. The Morgan fingerprint density at radius 1 is 1.04 bits per heavy atom. The van der Waals surface area contributed by atoms with Crippen LogP contribution in [0.15, 0.2) is 18.2 Å². The fourth-order valence-electron chi connectivity index (χ4n) is 3.41. The molecule has 5 nitrogen and oxygen atoms in total. The smallest absolute Gasteiger partial charge is 0.241 e. The number of rotatable bonds is 6.